The first kappa shape index (κ1) is 12.4. The molecule has 0 radical (unpaired) electrons. The van der Waals surface area contributed by atoms with E-state index in [1.54, 1.807) is 0 Å². The number of aromatic nitrogens is 1. The fourth-order valence-electron chi connectivity index (χ4n) is 3.65. The number of nitrogens with two attached hydrogens (primary N) is 1. The van der Waals surface area contributed by atoms with Gasteiger partial charge in [0.15, 0.2) is 0 Å². The highest BCUT2D eigenvalue weighted by molar-refractivity contribution is 5.40. The van der Waals surface area contributed by atoms with Gasteiger partial charge in [-0.2, -0.15) is 0 Å². The Morgan fingerprint density at radius 3 is 3.05 bits per heavy atom. The lowest BCUT2D eigenvalue weighted by molar-refractivity contribution is 0.203. The van der Waals surface area contributed by atoms with Crippen LogP contribution in [-0.4, -0.2) is 16.7 Å². The van der Waals surface area contributed by atoms with Crippen molar-refractivity contribution < 1.29 is 5.11 Å². The van der Waals surface area contributed by atoms with Gasteiger partial charge in [0, 0.05) is 17.7 Å². The number of aliphatic hydroxyl groups excluding tert-OH is 1. The minimum Gasteiger partial charge on any atom is -0.392 e. The van der Waals surface area contributed by atoms with E-state index in [-0.39, 0.29) is 24.0 Å². The van der Waals surface area contributed by atoms with E-state index in [4.69, 9.17) is 5.73 Å². The zero-order valence-corrected chi connectivity index (χ0v) is 10.7. The smallest absolute Gasteiger partial charge is 0.248 e. The first-order valence-electron chi connectivity index (χ1n) is 6.53. The van der Waals surface area contributed by atoms with Crippen LogP contribution in [0.5, 0.6) is 0 Å². The molecule has 0 spiro atoms. The van der Waals surface area contributed by atoms with E-state index in [0.717, 1.165) is 23.3 Å². The van der Waals surface area contributed by atoms with E-state index in [0.29, 0.717) is 6.42 Å². The van der Waals surface area contributed by atoms with Crippen LogP contribution in [0.3, 0.4) is 0 Å². The summed E-state index contributed by atoms with van der Waals surface area (Å²) in [6.45, 7) is 3.95. The van der Waals surface area contributed by atoms with Crippen LogP contribution in [0.2, 0.25) is 0 Å². The van der Waals surface area contributed by atoms with Crippen molar-refractivity contribution in [1.29, 1.82) is 0 Å². The number of H-pyrrole nitrogens is 1. The molecule has 0 saturated heterocycles. The molecule has 3 unspecified atom stereocenters. The van der Waals surface area contributed by atoms with E-state index in [2.05, 4.69) is 17.6 Å². The molecule has 0 aromatic carbocycles. The molecule has 0 fully saturated rings. The van der Waals surface area contributed by atoms with Gasteiger partial charge in [-0.25, -0.2) is 0 Å². The van der Waals surface area contributed by atoms with Crippen molar-refractivity contribution in [1.82, 2.24) is 4.98 Å². The third-order valence-corrected chi connectivity index (χ3v) is 4.42. The molecule has 2 aliphatic rings. The summed E-state index contributed by atoms with van der Waals surface area (Å²) in [5, 5.41) is 9.40. The van der Waals surface area contributed by atoms with Crippen molar-refractivity contribution in [3.8, 4) is 0 Å². The van der Waals surface area contributed by atoms with Crippen LogP contribution in [0.4, 0.5) is 0 Å². The van der Waals surface area contributed by atoms with Crippen molar-refractivity contribution in [2.45, 2.75) is 18.4 Å². The SMILES string of the molecule is C=CC1C2C=C(CO)CC1(N)c1ccc(=O)[nH]c1C2. The minimum atomic E-state index is -0.572. The van der Waals surface area contributed by atoms with Gasteiger partial charge in [-0.1, -0.05) is 12.2 Å². The van der Waals surface area contributed by atoms with E-state index in [1.807, 2.05) is 12.1 Å². The van der Waals surface area contributed by atoms with Gasteiger partial charge >= 0.3 is 0 Å². The Morgan fingerprint density at radius 1 is 1.58 bits per heavy atom. The van der Waals surface area contributed by atoms with Crippen LogP contribution >= 0.6 is 0 Å². The Labute approximate surface area is 111 Å². The van der Waals surface area contributed by atoms with Crippen LogP contribution in [0.15, 0.2) is 41.2 Å². The Morgan fingerprint density at radius 2 is 2.37 bits per heavy atom. The van der Waals surface area contributed by atoms with Gasteiger partial charge in [-0.3, -0.25) is 4.79 Å². The average molecular weight is 258 g/mol. The van der Waals surface area contributed by atoms with Crippen LogP contribution in [0, 0.1) is 11.8 Å². The summed E-state index contributed by atoms with van der Waals surface area (Å²) < 4.78 is 0. The fourth-order valence-corrected chi connectivity index (χ4v) is 3.65. The summed E-state index contributed by atoms with van der Waals surface area (Å²) >= 11 is 0. The van der Waals surface area contributed by atoms with Crippen LogP contribution < -0.4 is 11.3 Å². The number of fused-ring (bicyclic) bond motifs is 4. The van der Waals surface area contributed by atoms with Crippen molar-refractivity contribution >= 4 is 0 Å². The molecule has 100 valence electrons. The number of hydrogen-bond acceptors (Lipinski definition) is 3. The maximum atomic E-state index is 11.5. The number of hydrogen-bond donors (Lipinski definition) is 3. The summed E-state index contributed by atoms with van der Waals surface area (Å²) in [5.74, 6) is 0.338. The molecule has 1 heterocycles. The van der Waals surface area contributed by atoms with Gasteiger partial charge in [-0.15, -0.1) is 6.58 Å². The lowest BCUT2D eigenvalue weighted by atomic mass is 9.60. The Bertz CT molecular complexity index is 617. The zero-order valence-electron chi connectivity index (χ0n) is 10.7. The van der Waals surface area contributed by atoms with Crippen LogP contribution in [0.1, 0.15) is 17.7 Å². The second kappa shape index (κ2) is 4.18. The first-order valence-corrected chi connectivity index (χ1v) is 6.53. The molecule has 2 aliphatic carbocycles. The van der Waals surface area contributed by atoms with Gasteiger partial charge < -0.3 is 15.8 Å². The number of rotatable bonds is 2. The maximum absolute atomic E-state index is 11.5. The lowest BCUT2D eigenvalue weighted by Gasteiger charge is -2.48. The van der Waals surface area contributed by atoms with Gasteiger partial charge in [0.1, 0.15) is 0 Å². The molecular weight excluding hydrogens is 240 g/mol. The van der Waals surface area contributed by atoms with Gasteiger partial charge in [0.2, 0.25) is 5.56 Å². The molecule has 0 amide bonds. The minimum absolute atomic E-state index is 0.0397. The van der Waals surface area contributed by atoms with Gasteiger partial charge in [0.25, 0.3) is 0 Å². The highest BCUT2D eigenvalue weighted by atomic mass is 16.3. The molecule has 0 aliphatic heterocycles. The second-order valence-electron chi connectivity index (χ2n) is 5.54. The van der Waals surface area contributed by atoms with Crippen molar-refractivity contribution in [2.24, 2.45) is 17.6 Å². The first-order chi connectivity index (χ1) is 9.08. The Balaban J connectivity index is 2.20. The number of aromatic amines is 1. The standard InChI is InChI=1S/C15H18N2O2/c1-2-11-10-5-9(8-18)7-15(11,16)12-3-4-14(19)17-13(12)6-10/h2-5,10-11,18H,1,6-8,16H2,(H,17,19). The van der Waals surface area contributed by atoms with Crippen LogP contribution in [0.25, 0.3) is 0 Å². The summed E-state index contributed by atoms with van der Waals surface area (Å²) in [5.41, 5.74) is 8.85. The molecule has 3 rings (SSSR count). The quantitative estimate of drug-likeness (QED) is 0.687. The fraction of sp³-hybridized carbons (Fsp3) is 0.400. The highest BCUT2D eigenvalue weighted by Crippen LogP contribution is 2.48. The molecule has 2 bridgehead atoms. The normalized spacial score (nSPS) is 32.4. The average Bonchev–Trinajstić information content (AvgIpc) is 2.37. The maximum Gasteiger partial charge on any atom is 0.248 e. The Kier molecular flexibility index (Phi) is 2.73. The molecule has 0 saturated carbocycles. The highest BCUT2D eigenvalue weighted by Gasteiger charge is 2.47. The van der Waals surface area contributed by atoms with Gasteiger partial charge in [-0.05, 0) is 36.0 Å². The lowest BCUT2D eigenvalue weighted by Crippen LogP contribution is -2.53. The molecule has 4 N–H and O–H groups in total. The molecule has 1 aromatic rings. The molecule has 4 heteroatoms. The van der Waals surface area contributed by atoms with Gasteiger partial charge in [0.05, 0.1) is 12.1 Å². The topological polar surface area (TPSA) is 79.1 Å². The summed E-state index contributed by atoms with van der Waals surface area (Å²) in [7, 11) is 0. The van der Waals surface area contributed by atoms with Crippen LogP contribution in [-0.2, 0) is 12.0 Å². The molecule has 19 heavy (non-hydrogen) atoms. The van der Waals surface area contributed by atoms with E-state index in [9.17, 15) is 9.90 Å². The predicted octanol–water partition coefficient (Wildman–Crippen LogP) is 0.826. The number of aliphatic hydroxyl groups is 1. The van der Waals surface area contributed by atoms with E-state index < -0.39 is 5.54 Å². The number of allylic oxidation sites excluding steroid dienone is 1. The molecule has 3 atom stereocenters. The summed E-state index contributed by atoms with van der Waals surface area (Å²) in [6.07, 6.45) is 5.34. The predicted molar refractivity (Wildman–Crippen MR) is 73.6 cm³/mol. The Hall–Kier alpha value is -1.65. The second-order valence-corrected chi connectivity index (χ2v) is 5.54. The van der Waals surface area contributed by atoms with E-state index in [1.165, 1.54) is 6.07 Å². The molecule has 4 nitrogen and oxygen atoms in total. The van der Waals surface area contributed by atoms with Crippen molar-refractivity contribution in [3.63, 3.8) is 0 Å². The van der Waals surface area contributed by atoms with E-state index >= 15 is 0 Å². The summed E-state index contributed by atoms with van der Waals surface area (Å²) in [6, 6.07) is 3.34. The zero-order chi connectivity index (χ0) is 13.6. The monoisotopic (exact) mass is 258 g/mol. The number of nitrogens with one attached hydrogen (secondary N) is 1. The van der Waals surface area contributed by atoms with Crippen molar-refractivity contribution in [2.75, 3.05) is 6.61 Å². The molecule has 1 aromatic heterocycles. The largest absolute Gasteiger partial charge is 0.392 e. The summed E-state index contributed by atoms with van der Waals surface area (Å²) in [4.78, 5) is 14.4. The third kappa shape index (κ3) is 1.71. The number of pyridine rings is 1. The molecular formula is C15H18N2O2. The van der Waals surface area contributed by atoms with Crippen molar-refractivity contribution in [3.05, 3.63) is 58.0 Å². The third-order valence-electron chi connectivity index (χ3n) is 4.42.